The number of carboxylic acid groups (broad SMARTS) is 1. The Kier molecular flexibility index (Phi) is 4.52. The molecule has 0 aliphatic heterocycles. The summed E-state index contributed by atoms with van der Waals surface area (Å²) >= 11 is 0. The number of allylic oxidation sites excluding steroid dienone is 1. The van der Waals surface area contributed by atoms with Gasteiger partial charge in [-0.3, -0.25) is 0 Å². The van der Waals surface area contributed by atoms with Gasteiger partial charge in [-0.1, -0.05) is 6.08 Å². The first-order valence-electron chi connectivity index (χ1n) is 3.29. The Labute approximate surface area is 69.6 Å². The van der Waals surface area contributed by atoms with Crippen molar-refractivity contribution < 1.29 is 24.2 Å². The minimum absolute atomic E-state index is 1.03. The molecular formula is C7H10O5. The number of carbonyl (C=O) groups is 2. The van der Waals surface area contributed by atoms with Crippen molar-refractivity contribution in [2.24, 2.45) is 0 Å². The summed E-state index contributed by atoms with van der Waals surface area (Å²) in [4.78, 5) is 20.7. The van der Waals surface area contributed by atoms with E-state index in [0.717, 1.165) is 6.26 Å². The maximum Gasteiger partial charge on any atom is 0.514 e. The number of hydrogen-bond donors (Lipinski definition) is 1. The first-order valence-corrected chi connectivity index (χ1v) is 3.29. The highest BCUT2D eigenvalue weighted by molar-refractivity contribution is 5.75. The van der Waals surface area contributed by atoms with Crippen LogP contribution < -0.4 is 0 Å². The molecule has 0 amide bonds. The molecule has 0 bridgehead atoms. The Morgan fingerprint density at radius 1 is 1.50 bits per heavy atom. The third-order valence-electron chi connectivity index (χ3n) is 0.921. The second kappa shape index (κ2) is 5.17. The van der Waals surface area contributed by atoms with Gasteiger partial charge in [-0.25, -0.2) is 9.59 Å². The second-order valence-corrected chi connectivity index (χ2v) is 1.94. The van der Waals surface area contributed by atoms with Gasteiger partial charge in [0, 0.05) is 0 Å². The van der Waals surface area contributed by atoms with Crippen LogP contribution in [-0.4, -0.2) is 23.3 Å². The van der Waals surface area contributed by atoms with Crippen molar-refractivity contribution in [3.8, 4) is 0 Å². The Morgan fingerprint density at radius 3 is 2.50 bits per heavy atom. The minimum Gasteiger partial charge on any atom is -0.479 e. The highest BCUT2D eigenvalue weighted by Gasteiger charge is 2.16. The number of hydrogen-bond acceptors (Lipinski definition) is 4. The summed E-state index contributed by atoms with van der Waals surface area (Å²) in [5.41, 5.74) is 0. The van der Waals surface area contributed by atoms with Crippen LogP contribution in [0.4, 0.5) is 4.79 Å². The molecule has 0 rings (SSSR count). The predicted octanol–water partition coefficient (Wildman–Crippen LogP) is 1.15. The fourth-order valence-corrected chi connectivity index (χ4v) is 0.346. The van der Waals surface area contributed by atoms with Gasteiger partial charge in [0.1, 0.15) is 0 Å². The normalized spacial score (nSPS) is 12.5. The monoisotopic (exact) mass is 174 g/mol. The summed E-state index contributed by atoms with van der Waals surface area (Å²) in [6, 6.07) is 0. The SMILES string of the molecule is CC=COC(=O)OC(C)C(=O)O. The fraction of sp³-hybridized carbons (Fsp3) is 0.429. The van der Waals surface area contributed by atoms with E-state index < -0.39 is 18.2 Å². The van der Waals surface area contributed by atoms with E-state index in [9.17, 15) is 9.59 Å². The smallest absolute Gasteiger partial charge is 0.479 e. The van der Waals surface area contributed by atoms with Crippen molar-refractivity contribution in [1.82, 2.24) is 0 Å². The summed E-state index contributed by atoms with van der Waals surface area (Å²) in [5, 5.41) is 8.31. The Hall–Kier alpha value is -1.52. The lowest BCUT2D eigenvalue weighted by Crippen LogP contribution is -2.23. The molecule has 1 unspecified atom stereocenters. The highest BCUT2D eigenvalue weighted by atomic mass is 16.7. The molecule has 0 radical (unpaired) electrons. The average molecular weight is 174 g/mol. The van der Waals surface area contributed by atoms with E-state index in [1.54, 1.807) is 6.92 Å². The molecule has 1 atom stereocenters. The van der Waals surface area contributed by atoms with Crippen molar-refractivity contribution in [2.75, 3.05) is 0 Å². The van der Waals surface area contributed by atoms with E-state index in [4.69, 9.17) is 5.11 Å². The number of ether oxygens (including phenoxy) is 2. The zero-order valence-corrected chi connectivity index (χ0v) is 6.81. The van der Waals surface area contributed by atoms with E-state index in [-0.39, 0.29) is 0 Å². The molecule has 0 aromatic heterocycles. The van der Waals surface area contributed by atoms with Crippen molar-refractivity contribution in [3.05, 3.63) is 12.3 Å². The van der Waals surface area contributed by atoms with Gasteiger partial charge in [-0.2, -0.15) is 0 Å². The Bertz CT molecular complexity index is 196. The number of aliphatic carboxylic acids is 1. The lowest BCUT2D eigenvalue weighted by Gasteiger charge is -2.05. The van der Waals surface area contributed by atoms with Crippen LogP contribution in [0.5, 0.6) is 0 Å². The average Bonchev–Trinajstić information content (AvgIpc) is 2.00. The molecule has 0 aliphatic rings. The van der Waals surface area contributed by atoms with Crippen LogP contribution in [0.3, 0.4) is 0 Å². The quantitative estimate of drug-likeness (QED) is 0.513. The van der Waals surface area contributed by atoms with Crippen LogP contribution in [0, 0.1) is 0 Å². The van der Waals surface area contributed by atoms with Gasteiger partial charge in [-0.15, -0.1) is 0 Å². The lowest BCUT2D eigenvalue weighted by atomic mass is 10.4. The number of carboxylic acids is 1. The number of rotatable bonds is 3. The topological polar surface area (TPSA) is 72.8 Å². The molecule has 0 aromatic carbocycles. The standard InChI is InChI=1S/C7H10O5/c1-3-4-11-7(10)12-5(2)6(8)9/h3-5H,1-2H3,(H,8,9). The molecule has 12 heavy (non-hydrogen) atoms. The van der Waals surface area contributed by atoms with E-state index in [1.807, 2.05) is 0 Å². The molecular weight excluding hydrogens is 164 g/mol. The van der Waals surface area contributed by atoms with Crippen molar-refractivity contribution >= 4 is 12.1 Å². The molecule has 0 aromatic rings. The van der Waals surface area contributed by atoms with Gasteiger partial charge in [0.15, 0.2) is 6.10 Å². The van der Waals surface area contributed by atoms with Crippen molar-refractivity contribution in [1.29, 1.82) is 0 Å². The van der Waals surface area contributed by atoms with E-state index in [0.29, 0.717) is 0 Å². The maximum absolute atomic E-state index is 10.6. The molecule has 1 N–H and O–H groups in total. The first kappa shape index (κ1) is 10.5. The van der Waals surface area contributed by atoms with E-state index in [1.165, 1.54) is 13.0 Å². The number of carbonyl (C=O) groups excluding carboxylic acids is 1. The van der Waals surface area contributed by atoms with Crippen LogP contribution in [0.15, 0.2) is 12.3 Å². The van der Waals surface area contributed by atoms with Gasteiger partial charge in [0.25, 0.3) is 0 Å². The predicted molar refractivity (Wildman–Crippen MR) is 39.5 cm³/mol. The lowest BCUT2D eigenvalue weighted by molar-refractivity contribution is -0.146. The molecule has 0 saturated carbocycles. The Balaban J connectivity index is 3.76. The third-order valence-corrected chi connectivity index (χ3v) is 0.921. The first-order chi connectivity index (χ1) is 5.57. The second-order valence-electron chi connectivity index (χ2n) is 1.94. The summed E-state index contributed by atoms with van der Waals surface area (Å²) in [6.45, 7) is 2.88. The molecule has 5 nitrogen and oxygen atoms in total. The van der Waals surface area contributed by atoms with Gasteiger partial charge >= 0.3 is 12.1 Å². The van der Waals surface area contributed by atoms with Crippen molar-refractivity contribution in [3.63, 3.8) is 0 Å². The minimum atomic E-state index is -1.22. The fourth-order valence-electron chi connectivity index (χ4n) is 0.346. The van der Waals surface area contributed by atoms with Gasteiger partial charge in [0.05, 0.1) is 6.26 Å². The molecule has 68 valence electrons. The van der Waals surface area contributed by atoms with Crippen LogP contribution in [-0.2, 0) is 14.3 Å². The maximum atomic E-state index is 10.6. The van der Waals surface area contributed by atoms with Gasteiger partial charge in [0.2, 0.25) is 0 Å². The van der Waals surface area contributed by atoms with Crippen LogP contribution in [0.2, 0.25) is 0 Å². The largest absolute Gasteiger partial charge is 0.514 e. The molecule has 0 aliphatic carbocycles. The molecule has 0 fully saturated rings. The third kappa shape index (κ3) is 4.32. The van der Waals surface area contributed by atoms with E-state index in [2.05, 4.69) is 9.47 Å². The zero-order valence-electron chi connectivity index (χ0n) is 6.81. The zero-order chi connectivity index (χ0) is 9.56. The van der Waals surface area contributed by atoms with Crippen molar-refractivity contribution in [2.45, 2.75) is 20.0 Å². The highest BCUT2D eigenvalue weighted by Crippen LogP contribution is 1.94. The van der Waals surface area contributed by atoms with Gasteiger partial charge < -0.3 is 14.6 Å². The summed E-state index contributed by atoms with van der Waals surface area (Å²) in [6.07, 6.45) is 0.370. The summed E-state index contributed by atoms with van der Waals surface area (Å²) < 4.78 is 8.61. The molecule has 0 spiro atoms. The van der Waals surface area contributed by atoms with Gasteiger partial charge in [-0.05, 0) is 13.8 Å². The molecule has 0 heterocycles. The van der Waals surface area contributed by atoms with E-state index >= 15 is 0 Å². The summed E-state index contributed by atoms with van der Waals surface area (Å²) in [7, 11) is 0. The summed E-state index contributed by atoms with van der Waals surface area (Å²) in [5.74, 6) is -1.22. The molecule has 5 heteroatoms. The van der Waals surface area contributed by atoms with Crippen LogP contribution in [0.25, 0.3) is 0 Å². The Morgan fingerprint density at radius 2 is 2.08 bits per heavy atom. The van der Waals surface area contributed by atoms with Crippen LogP contribution in [0.1, 0.15) is 13.8 Å². The molecule has 0 saturated heterocycles. The van der Waals surface area contributed by atoms with Crippen LogP contribution >= 0.6 is 0 Å².